The zero-order valence-corrected chi connectivity index (χ0v) is 17.1. The summed E-state index contributed by atoms with van der Waals surface area (Å²) < 4.78 is 6.72. The predicted octanol–water partition coefficient (Wildman–Crippen LogP) is 3.03. The quantitative estimate of drug-likeness (QED) is 0.558. The Bertz CT molecular complexity index is 703. The van der Waals surface area contributed by atoms with Crippen LogP contribution < -0.4 is 15.8 Å². The molecule has 1 aliphatic heterocycles. The molecular formula is C21H28BrN3O2. The minimum absolute atomic E-state index is 0.240. The number of aliphatic hydroxyl groups is 1. The molecule has 1 unspecified atom stereocenters. The van der Waals surface area contributed by atoms with Gasteiger partial charge >= 0.3 is 0 Å². The third kappa shape index (κ3) is 6.50. The van der Waals surface area contributed by atoms with E-state index < -0.39 is 6.10 Å². The molecule has 0 radical (unpaired) electrons. The van der Waals surface area contributed by atoms with Gasteiger partial charge in [0.1, 0.15) is 18.5 Å². The van der Waals surface area contributed by atoms with Crippen molar-refractivity contribution >= 4 is 21.6 Å². The Labute approximate surface area is 169 Å². The van der Waals surface area contributed by atoms with E-state index in [0.29, 0.717) is 24.0 Å². The molecule has 0 spiro atoms. The number of hydrogen-bond acceptors (Lipinski definition) is 5. The number of nitrogens with two attached hydrogens (primary N) is 1. The molecule has 1 atom stereocenters. The summed E-state index contributed by atoms with van der Waals surface area (Å²) in [5.41, 5.74) is 7.78. The fourth-order valence-corrected chi connectivity index (χ4v) is 3.57. The Hall–Kier alpha value is -1.60. The van der Waals surface area contributed by atoms with Crippen molar-refractivity contribution in [3.8, 4) is 5.75 Å². The SMILES string of the molecule is Nc1ccccc1OCC(O)CNC1CCN(Cc2ccc(Br)cc2)CC1. The molecule has 0 saturated carbocycles. The molecule has 1 aliphatic rings. The highest BCUT2D eigenvalue weighted by Gasteiger charge is 2.19. The highest BCUT2D eigenvalue weighted by Crippen LogP contribution is 2.20. The van der Waals surface area contributed by atoms with Crippen LogP contribution in [0.5, 0.6) is 5.75 Å². The number of nitrogens with one attached hydrogen (secondary N) is 1. The van der Waals surface area contributed by atoms with Crippen molar-refractivity contribution in [2.45, 2.75) is 31.5 Å². The minimum atomic E-state index is -0.551. The van der Waals surface area contributed by atoms with Gasteiger partial charge in [0, 0.05) is 23.6 Å². The summed E-state index contributed by atoms with van der Waals surface area (Å²) in [7, 11) is 0. The number of aliphatic hydroxyl groups excluding tert-OH is 1. The molecule has 6 heteroatoms. The second kappa shape index (κ2) is 10.1. The predicted molar refractivity (Wildman–Crippen MR) is 113 cm³/mol. The summed E-state index contributed by atoms with van der Waals surface area (Å²) in [4.78, 5) is 2.49. The van der Waals surface area contributed by atoms with Gasteiger partial charge in [0.25, 0.3) is 0 Å². The van der Waals surface area contributed by atoms with E-state index in [9.17, 15) is 5.11 Å². The Morgan fingerprint density at radius 1 is 1.15 bits per heavy atom. The number of piperidine rings is 1. The molecule has 5 nitrogen and oxygen atoms in total. The maximum absolute atomic E-state index is 10.2. The normalized spacial score (nSPS) is 17.0. The van der Waals surface area contributed by atoms with Gasteiger partial charge in [-0.25, -0.2) is 0 Å². The molecule has 1 saturated heterocycles. The summed E-state index contributed by atoms with van der Waals surface area (Å²) in [6.07, 6.45) is 1.64. The number of nitrogen functional groups attached to an aromatic ring is 1. The zero-order chi connectivity index (χ0) is 19.1. The number of halogens is 1. The first-order valence-electron chi connectivity index (χ1n) is 9.45. The van der Waals surface area contributed by atoms with E-state index in [-0.39, 0.29) is 6.61 Å². The molecule has 27 heavy (non-hydrogen) atoms. The van der Waals surface area contributed by atoms with Gasteiger partial charge in [-0.3, -0.25) is 4.90 Å². The van der Waals surface area contributed by atoms with E-state index in [1.165, 1.54) is 5.56 Å². The lowest BCUT2D eigenvalue weighted by atomic mass is 10.0. The monoisotopic (exact) mass is 433 g/mol. The molecule has 1 heterocycles. The van der Waals surface area contributed by atoms with Gasteiger partial charge in [-0.15, -0.1) is 0 Å². The molecule has 0 bridgehead atoms. The fourth-order valence-electron chi connectivity index (χ4n) is 3.30. The Kier molecular flexibility index (Phi) is 7.52. The Morgan fingerprint density at radius 2 is 1.85 bits per heavy atom. The first-order valence-corrected chi connectivity index (χ1v) is 10.2. The van der Waals surface area contributed by atoms with Crippen molar-refractivity contribution in [1.82, 2.24) is 10.2 Å². The van der Waals surface area contributed by atoms with Gasteiger partial charge < -0.3 is 20.9 Å². The summed E-state index contributed by atoms with van der Waals surface area (Å²) in [5.74, 6) is 0.623. The van der Waals surface area contributed by atoms with E-state index in [1.807, 2.05) is 18.2 Å². The van der Waals surface area contributed by atoms with Crippen LogP contribution in [0.15, 0.2) is 53.0 Å². The van der Waals surface area contributed by atoms with Gasteiger partial charge in [0.2, 0.25) is 0 Å². The van der Waals surface area contributed by atoms with Crippen molar-refractivity contribution in [2.24, 2.45) is 0 Å². The number of likely N-dealkylation sites (tertiary alicyclic amines) is 1. The summed E-state index contributed by atoms with van der Waals surface area (Å²) in [6, 6.07) is 16.3. The van der Waals surface area contributed by atoms with Crippen LogP contribution in [0.3, 0.4) is 0 Å². The van der Waals surface area contributed by atoms with Crippen LogP contribution in [-0.4, -0.2) is 48.4 Å². The Morgan fingerprint density at radius 3 is 2.56 bits per heavy atom. The van der Waals surface area contributed by atoms with Gasteiger partial charge in [-0.2, -0.15) is 0 Å². The molecule has 2 aromatic carbocycles. The molecule has 146 valence electrons. The highest BCUT2D eigenvalue weighted by atomic mass is 79.9. The van der Waals surface area contributed by atoms with Gasteiger partial charge in [-0.1, -0.05) is 40.2 Å². The van der Waals surface area contributed by atoms with Gasteiger partial charge in [0.15, 0.2) is 0 Å². The van der Waals surface area contributed by atoms with Crippen LogP contribution >= 0.6 is 15.9 Å². The number of para-hydroxylation sites is 2. The minimum Gasteiger partial charge on any atom is -0.489 e. The van der Waals surface area contributed by atoms with Gasteiger partial charge in [0.05, 0.1) is 5.69 Å². The van der Waals surface area contributed by atoms with Crippen molar-refractivity contribution in [2.75, 3.05) is 32.0 Å². The smallest absolute Gasteiger partial charge is 0.142 e. The summed E-state index contributed by atoms with van der Waals surface area (Å²) >= 11 is 3.48. The second-order valence-corrected chi connectivity index (χ2v) is 8.00. The maximum atomic E-state index is 10.2. The van der Waals surface area contributed by atoms with Crippen LogP contribution in [0.1, 0.15) is 18.4 Å². The van der Waals surface area contributed by atoms with Crippen LogP contribution in [-0.2, 0) is 6.54 Å². The number of nitrogens with zero attached hydrogens (tertiary/aromatic N) is 1. The first kappa shape index (κ1) is 20.1. The average Bonchev–Trinajstić information content (AvgIpc) is 2.68. The molecular weight excluding hydrogens is 406 g/mol. The standard InChI is InChI=1S/C21H28BrN3O2/c22-17-7-5-16(6-8-17)14-25-11-9-18(10-12-25)24-13-19(26)15-27-21-4-2-1-3-20(21)23/h1-8,18-19,24,26H,9-15,23H2. The van der Waals surface area contributed by atoms with Crippen molar-refractivity contribution in [3.63, 3.8) is 0 Å². The van der Waals surface area contributed by atoms with Crippen LogP contribution in [0.2, 0.25) is 0 Å². The second-order valence-electron chi connectivity index (χ2n) is 7.09. The molecule has 3 rings (SSSR count). The third-order valence-electron chi connectivity index (χ3n) is 4.90. The average molecular weight is 434 g/mol. The van der Waals surface area contributed by atoms with E-state index >= 15 is 0 Å². The van der Waals surface area contributed by atoms with E-state index in [2.05, 4.69) is 50.4 Å². The lowest BCUT2D eigenvalue weighted by molar-refractivity contribution is 0.0983. The zero-order valence-electron chi connectivity index (χ0n) is 15.5. The highest BCUT2D eigenvalue weighted by molar-refractivity contribution is 9.10. The first-order chi connectivity index (χ1) is 13.1. The maximum Gasteiger partial charge on any atom is 0.142 e. The van der Waals surface area contributed by atoms with Crippen molar-refractivity contribution in [3.05, 3.63) is 58.6 Å². The van der Waals surface area contributed by atoms with Crippen LogP contribution in [0, 0.1) is 0 Å². The topological polar surface area (TPSA) is 70.8 Å². The van der Waals surface area contributed by atoms with E-state index in [0.717, 1.165) is 36.9 Å². The molecule has 0 aromatic heterocycles. The van der Waals surface area contributed by atoms with Crippen LogP contribution in [0.25, 0.3) is 0 Å². The van der Waals surface area contributed by atoms with Crippen LogP contribution in [0.4, 0.5) is 5.69 Å². The summed E-state index contributed by atoms with van der Waals surface area (Å²) in [5, 5.41) is 13.6. The number of anilines is 1. The molecule has 1 fully saturated rings. The summed E-state index contributed by atoms with van der Waals surface area (Å²) in [6.45, 7) is 3.91. The van der Waals surface area contributed by atoms with Gasteiger partial charge in [-0.05, 0) is 55.8 Å². The number of rotatable bonds is 8. The Balaban J connectivity index is 1.33. The molecule has 0 aliphatic carbocycles. The van der Waals surface area contributed by atoms with Crippen molar-refractivity contribution in [1.29, 1.82) is 0 Å². The van der Waals surface area contributed by atoms with Crippen molar-refractivity contribution < 1.29 is 9.84 Å². The number of benzene rings is 2. The largest absolute Gasteiger partial charge is 0.489 e. The lowest BCUT2D eigenvalue weighted by Gasteiger charge is -2.33. The fraction of sp³-hybridized carbons (Fsp3) is 0.429. The number of hydrogen-bond donors (Lipinski definition) is 3. The lowest BCUT2D eigenvalue weighted by Crippen LogP contribution is -2.45. The van der Waals surface area contributed by atoms with E-state index in [4.69, 9.17) is 10.5 Å². The molecule has 2 aromatic rings. The third-order valence-corrected chi connectivity index (χ3v) is 5.43. The molecule has 4 N–H and O–H groups in total. The number of ether oxygens (including phenoxy) is 1. The molecule has 0 amide bonds. The van der Waals surface area contributed by atoms with E-state index in [1.54, 1.807) is 6.07 Å².